The maximum absolute atomic E-state index is 9.24. The summed E-state index contributed by atoms with van der Waals surface area (Å²) in [5.41, 5.74) is 7.99. The summed E-state index contributed by atoms with van der Waals surface area (Å²) in [6, 6.07) is 13.7. The molecule has 0 bridgehead atoms. The second-order valence-electron chi connectivity index (χ2n) is 4.52. The second-order valence-corrected chi connectivity index (χ2v) is 4.52. The molecule has 0 spiro atoms. The van der Waals surface area contributed by atoms with Crippen LogP contribution in [0.2, 0.25) is 0 Å². The number of nitrogen functional groups attached to an aromatic ring is 1. The Balaban J connectivity index is 2.19. The Morgan fingerprint density at radius 2 is 2.00 bits per heavy atom. The van der Waals surface area contributed by atoms with Gasteiger partial charge in [-0.25, -0.2) is 0 Å². The molecule has 1 aromatic heterocycles. The zero-order valence-corrected chi connectivity index (χ0v) is 12.1. The Morgan fingerprint density at radius 3 is 2.67 bits per heavy atom. The molecule has 0 aliphatic rings. The summed E-state index contributed by atoms with van der Waals surface area (Å²) in [6.45, 7) is 4.02. The molecule has 2 aromatic rings. The number of anilines is 1. The molecule has 0 radical (unpaired) electrons. The van der Waals surface area contributed by atoms with Crippen LogP contribution in [0.1, 0.15) is 18.2 Å². The van der Waals surface area contributed by atoms with E-state index in [0.29, 0.717) is 43.6 Å². The number of hydrogen-bond donors (Lipinski definition) is 1. The van der Waals surface area contributed by atoms with Gasteiger partial charge in [0.25, 0.3) is 0 Å². The molecule has 1 heterocycles. The number of ether oxygens (including phenoxy) is 2. The Bertz CT molecular complexity index is 614. The first-order valence-electron chi connectivity index (χ1n) is 6.89. The van der Waals surface area contributed by atoms with Crippen LogP contribution in [0, 0.1) is 11.3 Å². The molecule has 5 heteroatoms. The summed E-state index contributed by atoms with van der Waals surface area (Å²) in [7, 11) is 0. The van der Waals surface area contributed by atoms with Crippen molar-refractivity contribution in [2.45, 2.75) is 13.5 Å². The van der Waals surface area contributed by atoms with E-state index < -0.39 is 0 Å². The van der Waals surface area contributed by atoms with Crippen LogP contribution in [0.5, 0.6) is 5.88 Å². The predicted molar refractivity (Wildman–Crippen MR) is 81.1 cm³/mol. The summed E-state index contributed by atoms with van der Waals surface area (Å²) < 4.78 is 12.7. The molecule has 5 nitrogen and oxygen atoms in total. The molecule has 0 fully saturated rings. The van der Waals surface area contributed by atoms with Crippen molar-refractivity contribution in [1.82, 2.24) is 4.57 Å². The van der Waals surface area contributed by atoms with Crippen LogP contribution >= 0.6 is 0 Å². The molecular weight excluding hydrogens is 266 g/mol. The van der Waals surface area contributed by atoms with E-state index in [2.05, 4.69) is 6.07 Å². The van der Waals surface area contributed by atoms with Gasteiger partial charge in [0.1, 0.15) is 18.4 Å². The Hall–Kier alpha value is -2.45. The SMILES string of the molecule is CCOCCOc1c(N)cc(C#N)n1Cc1ccccc1. The summed E-state index contributed by atoms with van der Waals surface area (Å²) in [5, 5.41) is 9.24. The minimum atomic E-state index is 0.404. The van der Waals surface area contributed by atoms with Crippen molar-refractivity contribution in [2.75, 3.05) is 25.6 Å². The minimum absolute atomic E-state index is 0.404. The quantitative estimate of drug-likeness (QED) is 0.793. The van der Waals surface area contributed by atoms with E-state index in [1.54, 1.807) is 10.6 Å². The van der Waals surface area contributed by atoms with E-state index in [-0.39, 0.29) is 0 Å². The summed E-state index contributed by atoms with van der Waals surface area (Å²) in [4.78, 5) is 0. The lowest BCUT2D eigenvalue weighted by atomic mass is 10.2. The number of benzene rings is 1. The van der Waals surface area contributed by atoms with Crippen LogP contribution in [-0.4, -0.2) is 24.4 Å². The first-order valence-corrected chi connectivity index (χ1v) is 6.89. The van der Waals surface area contributed by atoms with E-state index >= 15 is 0 Å². The molecule has 0 saturated carbocycles. The highest BCUT2D eigenvalue weighted by molar-refractivity contribution is 5.55. The standard InChI is InChI=1S/C16H19N3O2/c1-2-20-8-9-21-16-15(18)10-14(11-17)19(16)12-13-6-4-3-5-7-13/h3-7,10H,2,8-9,12,18H2,1H3. The zero-order chi connectivity index (χ0) is 15.1. The fourth-order valence-corrected chi connectivity index (χ4v) is 2.07. The predicted octanol–water partition coefficient (Wildman–Crippen LogP) is 2.41. The van der Waals surface area contributed by atoms with Crippen molar-refractivity contribution >= 4 is 5.69 Å². The number of nitriles is 1. The van der Waals surface area contributed by atoms with Crippen molar-refractivity contribution in [3.63, 3.8) is 0 Å². The molecule has 0 unspecified atom stereocenters. The van der Waals surface area contributed by atoms with Gasteiger partial charge in [-0.3, -0.25) is 4.57 Å². The van der Waals surface area contributed by atoms with Crippen molar-refractivity contribution in [3.05, 3.63) is 47.7 Å². The van der Waals surface area contributed by atoms with Gasteiger partial charge in [0.15, 0.2) is 0 Å². The van der Waals surface area contributed by atoms with Crippen LogP contribution < -0.4 is 10.5 Å². The summed E-state index contributed by atoms with van der Waals surface area (Å²) in [5.74, 6) is 0.523. The second kappa shape index (κ2) is 7.36. The molecule has 110 valence electrons. The molecular formula is C16H19N3O2. The Kier molecular flexibility index (Phi) is 5.24. The van der Waals surface area contributed by atoms with Gasteiger partial charge >= 0.3 is 0 Å². The largest absolute Gasteiger partial charge is 0.475 e. The normalized spacial score (nSPS) is 10.3. The van der Waals surface area contributed by atoms with E-state index in [0.717, 1.165) is 5.56 Å². The molecule has 0 aliphatic heterocycles. The average Bonchev–Trinajstić information content (AvgIpc) is 2.80. The highest BCUT2D eigenvalue weighted by atomic mass is 16.5. The third-order valence-electron chi connectivity index (χ3n) is 3.04. The lowest BCUT2D eigenvalue weighted by Crippen LogP contribution is -2.12. The molecule has 2 N–H and O–H groups in total. The third-order valence-corrected chi connectivity index (χ3v) is 3.04. The fourth-order valence-electron chi connectivity index (χ4n) is 2.07. The van der Waals surface area contributed by atoms with Gasteiger partial charge in [0.05, 0.1) is 18.8 Å². The Morgan fingerprint density at radius 1 is 1.24 bits per heavy atom. The van der Waals surface area contributed by atoms with Crippen molar-refractivity contribution in [3.8, 4) is 11.9 Å². The van der Waals surface area contributed by atoms with Gasteiger partial charge < -0.3 is 15.2 Å². The number of rotatable bonds is 7. The monoisotopic (exact) mass is 285 g/mol. The van der Waals surface area contributed by atoms with Gasteiger partial charge in [-0.2, -0.15) is 5.26 Å². The van der Waals surface area contributed by atoms with Gasteiger partial charge in [-0.15, -0.1) is 0 Å². The lowest BCUT2D eigenvalue weighted by molar-refractivity contribution is 0.107. The fraction of sp³-hybridized carbons (Fsp3) is 0.312. The Labute approximate surface area is 124 Å². The van der Waals surface area contributed by atoms with Gasteiger partial charge in [-0.05, 0) is 12.5 Å². The van der Waals surface area contributed by atoms with Crippen molar-refractivity contribution in [1.29, 1.82) is 5.26 Å². The van der Waals surface area contributed by atoms with Crippen LogP contribution in [0.15, 0.2) is 36.4 Å². The zero-order valence-electron chi connectivity index (χ0n) is 12.1. The number of nitrogens with two attached hydrogens (primary N) is 1. The van der Waals surface area contributed by atoms with E-state index in [1.807, 2.05) is 37.3 Å². The van der Waals surface area contributed by atoms with Crippen LogP contribution in [0.4, 0.5) is 5.69 Å². The molecule has 0 aliphatic carbocycles. The molecule has 0 saturated heterocycles. The lowest BCUT2D eigenvalue weighted by Gasteiger charge is -2.12. The first-order chi connectivity index (χ1) is 10.3. The highest BCUT2D eigenvalue weighted by Crippen LogP contribution is 2.27. The molecule has 21 heavy (non-hydrogen) atoms. The number of hydrogen-bond acceptors (Lipinski definition) is 4. The molecule has 2 rings (SSSR count). The maximum atomic E-state index is 9.24. The van der Waals surface area contributed by atoms with Crippen LogP contribution in [0.3, 0.4) is 0 Å². The number of nitrogens with zero attached hydrogens (tertiary/aromatic N) is 2. The van der Waals surface area contributed by atoms with E-state index in [9.17, 15) is 5.26 Å². The van der Waals surface area contributed by atoms with Crippen LogP contribution in [0.25, 0.3) is 0 Å². The van der Waals surface area contributed by atoms with E-state index in [4.69, 9.17) is 15.2 Å². The molecule has 0 atom stereocenters. The van der Waals surface area contributed by atoms with Gasteiger partial charge in [0.2, 0.25) is 5.88 Å². The summed E-state index contributed by atoms with van der Waals surface area (Å²) in [6.07, 6.45) is 0. The maximum Gasteiger partial charge on any atom is 0.218 e. The van der Waals surface area contributed by atoms with E-state index in [1.165, 1.54) is 0 Å². The third kappa shape index (κ3) is 3.77. The van der Waals surface area contributed by atoms with Crippen LogP contribution in [-0.2, 0) is 11.3 Å². The van der Waals surface area contributed by atoms with Crippen molar-refractivity contribution in [2.24, 2.45) is 0 Å². The topological polar surface area (TPSA) is 73.2 Å². The first kappa shape index (κ1) is 14.9. The highest BCUT2D eigenvalue weighted by Gasteiger charge is 2.14. The number of aromatic nitrogens is 1. The smallest absolute Gasteiger partial charge is 0.218 e. The summed E-state index contributed by atoms with van der Waals surface area (Å²) >= 11 is 0. The molecule has 1 aromatic carbocycles. The van der Waals surface area contributed by atoms with Crippen molar-refractivity contribution < 1.29 is 9.47 Å². The molecule has 0 amide bonds. The minimum Gasteiger partial charge on any atom is -0.475 e. The van der Waals surface area contributed by atoms with Gasteiger partial charge in [-0.1, -0.05) is 30.3 Å². The average molecular weight is 285 g/mol. The van der Waals surface area contributed by atoms with Gasteiger partial charge in [0, 0.05) is 12.7 Å².